The first-order chi connectivity index (χ1) is 10.0. The summed E-state index contributed by atoms with van der Waals surface area (Å²) in [4.78, 5) is 11.8. The Bertz CT molecular complexity index is 654. The fourth-order valence-electron chi connectivity index (χ4n) is 1.81. The van der Waals surface area contributed by atoms with Crippen LogP contribution >= 0.6 is 23.2 Å². The summed E-state index contributed by atoms with van der Waals surface area (Å²) in [7, 11) is 0. The summed E-state index contributed by atoms with van der Waals surface area (Å²) in [5, 5.41) is 3.97. The van der Waals surface area contributed by atoms with Gasteiger partial charge in [0.25, 0.3) is 0 Å². The van der Waals surface area contributed by atoms with Gasteiger partial charge >= 0.3 is 5.97 Å². The lowest BCUT2D eigenvalue weighted by Gasteiger charge is -2.14. The van der Waals surface area contributed by atoms with Gasteiger partial charge in [-0.15, -0.1) is 0 Å². The van der Waals surface area contributed by atoms with Gasteiger partial charge in [0.2, 0.25) is 0 Å². The number of esters is 1. The highest BCUT2D eigenvalue weighted by Gasteiger charge is 2.15. The molecule has 0 bridgehead atoms. The number of carbonyl (C=O) groups is 1. The third kappa shape index (κ3) is 3.40. The molecule has 0 amide bonds. The average molecular weight is 325 g/mol. The molecule has 2 aromatic rings. The second-order valence-corrected chi connectivity index (χ2v) is 5.02. The van der Waals surface area contributed by atoms with Crippen molar-refractivity contribution in [3.8, 4) is 0 Å². The van der Waals surface area contributed by atoms with E-state index in [1.54, 1.807) is 43.3 Å². The molecule has 0 saturated heterocycles. The standard InChI is InChI=1S/C15H14Cl2N2O2/c1-2-21-15(20)9-5-3-8-12(13(9)18)19-14-10(16)6-4-7-11(14)17/h3-8,19H,2,18H2,1H3. The van der Waals surface area contributed by atoms with Crippen LogP contribution in [0.15, 0.2) is 36.4 Å². The predicted molar refractivity (Wildman–Crippen MR) is 86.6 cm³/mol. The zero-order valence-electron chi connectivity index (χ0n) is 11.3. The second-order valence-electron chi connectivity index (χ2n) is 4.21. The van der Waals surface area contributed by atoms with Gasteiger partial charge in [0.05, 0.1) is 39.3 Å². The SMILES string of the molecule is CCOC(=O)c1cccc(Nc2c(Cl)cccc2Cl)c1N. The van der Waals surface area contributed by atoms with Crippen molar-refractivity contribution >= 4 is 46.2 Å². The number of nitrogens with one attached hydrogen (secondary N) is 1. The number of nitrogen functional groups attached to an aromatic ring is 1. The molecule has 0 unspecified atom stereocenters. The van der Waals surface area contributed by atoms with Gasteiger partial charge in [0.15, 0.2) is 0 Å². The molecule has 0 aromatic heterocycles. The van der Waals surface area contributed by atoms with Crippen molar-refractivity contribution in [2.75, 3.05) is 17.7 Å². The molecule has 0 saturated carbocycles. The van der Waals surface area contributed by atoms with Crippen molar-refractivity contribution in [1.82, 2.24) is 0 Å². The van der Waals surface area contributed by atoms with E-state index in [1.807, 2.05) is 0 Å². The number of carbonyl (C=O) groups excluding carboxylic acids is 1. The zero-order valence-corrected chi connectivity index (χ0v) is 12.8. The first-order valence-corrected chi connectivity index (χ1v) is 7.06. The highest BCUT2D eigenvalue weighted by Crippen LogP contribution is 2.35. The molecular formula is C15H14Cl2N2O2. The Morgan fingerprint density at radius 2 is 1.81 bits per heavy atom. The number of ether oxygens (including phenoxy) is 1. The number of hydrogen-bond donors (Lipinski definition) is 2. The van der Waals surface area contributed by atoms with Gasteiger partial charge in [0, 0.05) is 0 Å². The second kappa shape index (κ2) is 6.70. The summed E-state index contributed by atoms with van der Waals surface area (Å²) in [6.45, 7) is 2.02. The predicted octanol–water partition coefficient (Wildman–Crippen LogP) is 4.50. The molecule has 0 atom stereocenters. The monoisotopic (exact) mass is 324 g/mol. The van der Waals surface area contributed by atoms with Crippen molar-refractivity contribution in [2.24, 2.45) is 0 Å². The molecular weight excluding hydrogens is 311 g/mol. The van der Waals surface area contributed by atoms with E-state index in [2.05, 4.69) is 5.32 Å². The Morgan fingerprint density at radius 3 is 2.43 bits per heavy atom. The Morgan fingerprint density at radius 1 is 1.19 bits per heavy atom. The Hall–Kier alpha value is -1.91. The summed E-state index contributed by atoms with van der Waals surface area (Å²) >= 11 is 12.2. The van der Waals surface area contributed by atoms with Gasteiger partial charge in [-0.25, -0.2) is 4.79 Å². The molecule has 6 heteroatoms. The van der Waals surface area contributed by atoms with Crippen LogP contribution in [0.4, 0.5) is 17.1 Å². The Kier molecular flexibility index (Phi) is 4.94. The number of rotatable bonds is 4. The zero-order chi connectivity index (χ0) is 15.4. The normalized spacial score (nSPS) is 10.2. The fourth-order valence-corrected chi connectivity index (χ4v) is 2.30. The maximum absolute atomic E-state index is 11.8. The molecule has 0 aliphatic heterocycles. The van der Waals surface area contributed by atoms with Crippen molar-refractivity contribution in [3.63, 3.8) is 0 Å². The lowest BCUT2D eigenvalue weighted by atomic mass is 10.1. The molecule has 110 valence electrons. The maximum atomic E-state index is 11.8. The van der Waals surface area contributed by atoms with E-state index in [1.165, 1.54) is 0 Å². The van der Waals surface area contributed by atoms with Gasteiger partial charge in [-0.3, -0.25) is 0 Å². The highest BCUT2D eigenvalue weighted by molar-refractivity contribution is 6.39. The molecule has 2 rings (SSSR count). The summed E-state index contributed by atoms with van der Waals surface area (Å²) in [6.07, 6.45) is 0. The summed E-state index contributed by atoms with van der Waals surface area (Å²) in [5.74, 6) is -0.469. The van der Waals surface area contributed by atoms with Gasteiger partial charge in [-0.1, -0.05) is 35.3 Å². The molecule has 3 N–H and O–H groups in total. The quantitative estimate of drug-likeness (QED) is 0.642. The van der Waals surface area contributed by atoms with Crippen LogP contribution < -0.4 is 11.1 Å². The van der Waals surface area contributed by atoms with Crippen molar-refractivity contribution in [1.29, 1.82) is 0 Å². The largest absolute Gasteiger partial charge is 0.462 e. The van der Waals surface area contributed by atoms with E-state index in [-0.39, 0.29) is 12.3 Å². The van der Waals surface area contributed by atoms with E-state index in [0.29, 0.717) is 27.0 Å². The minimum atomic E-state index is -0.469. The first kappa shape index (κ1) is 15.5. The first-order valence-electron chi connectivity index (χ1n) is 6.31. The number of anilines is 3. The Labute approximate surface area is 132 Å². The van der Waals surface area contributed by atoms with Crippen molar-refractivity contribution in [2.45, 2.75) is 6.92 Å². The topological polar surface area (TPSA) is 64.3 Å². The summed E-state index contributed by atoms with van der Waals surface area (Å²) in [5.41, 5.74) is 7.67. The molecule has 21 heavy (non-hydrogen) atoms. The minimum absolute atomic E-state index is 0.284. The maximum Gasteiger partial charge on any atom is 0.340 e. The van der Waals surface area contributed by atoms with E-state index in [9.17, 15) is 4.79 Å². The molecule has 4 nitrogen and oxygen atoms in total. The lowest BCUT2D eigenvalue weighted by molar-refractivity contribution is 0.0527. The number of nitrogens with two attached hydrogens (primary N) is 1. The van der Waals surface area contributed by atoms with Crippen LogP contribution in [-0.4, -0.2) is 12.6 Å². The van der Waals surface area contributed by atoms with Crippen LogP contribution in [0.1, 0.15) is 17.3 Å². The van der Waals surface area contributed by atoms with Crippen LogP contribution in [0.25, 0.3) is 0 Å². The number of benzene rings is 2. The number of para-hydroxylation sites is 2. The van der Waals surface area contributed by atoms with Crippen LogP contribution in [0, 0.1) is 0 Å². The van der Waals surface area contributed by atoms with Gasteiger partial charge in [-0.05, 0) is 31.2 Å². The van der Waals surface area contributed by atoms with Gasteiger partial charge < -0.3 is 15.8 Å². The smallest absolute Gasteiger partial charge is 0.340 e. The van der Waals surface area contributed by atoms with E-state index >= 15 is 0 Å². The lowest BCUT2D eigenvalue weighted by Crippen LogP contribution is -2.09. The van der Waals surface area contributed by atoms with Crippen molar-refractivity contribution in [3.05, 3.63) is 52.0 Å². The van der Waals surface area contributed by atoms with Gasteiger partial charge in [0.1, 0.15) is 0 Å². The van der Waals surface area contributed by atoms with Crippen LogP contribution in [0.5, 0.6) is 0 Å². The molecule has 0 heterocycles. The highest BCUT2D eigenvalue weighted by atomic mass is 35.5. The van der Waals surface area contributed by atoms with E-state index in [4.69, 9.17) is 33.7 Å². The van der Waals surface area contributed by atoms with E-state index < -0.39 is 5.97 Å². The van der Waals surface area contributed by atoms with Crippen LogP contribution in [0.2, 0.25) is 10.0 Å². The Balaban J connectivity index is 2.37. The fraction of sp³-hybridized carbons (Fsp3) is 0.133. The minimum Gasteiger partial charge on any atom is -0.462 e. The summed E-state index contributed by atoms with van der Waals surface area (Å²) in [6, 6.07) is 10.2. The van der Waals surface area contributed by atoms with E-state index in [0.717, 1.165) is 0 Å². The molecule has 2 aromatic carbocycles. The molecule has 0 aliphatic carbocycles. The third-order valence-electron chi connectivity index (χ3n) is 2.82. The molecule has 0 radical (unpaired) electrons. The molecule has 0 aliphatic rings. The summed E-state index contributed by atoms with van der Waals surface area (Å²) < 4.78 is 4.96. The average Bonchev–Trinajstić information content (AvgIpc) is 2.45. The van der Waals surface area contributed by atoms with Crippen LogP contribution in [-0.2, 0) is 4.74 Å². The molecule has 0 fully saturated rings. The number of halogens is 2. The van der Waals surface area contributed by atoms with Crippen molar-refractivity contribution < 1.29 is 9.53 Å². The third-order valence-corrected chi connectivity index (χ3v) is 3.45. The van der Waals surface area contributed by atoms with Gasteiger partial charge in [-0.2, -0.15) is 0 Å². The van der Waals surface area contributed by atoms with Crippen LogP contribution in [0.3, 0.4) is 0 Å². The number of hydrogen-bond acceptors (Lipinski definition) is 4. The molecule has 0 spiro atoms.